The van der Waals surface area contributed by atoms with Gasteiger partial charge in [-0.3, -0.25) is 19.8 Å². The lowest BCUT2D eigenvalue weighted by molar-refractivity contribution is -0.384. The molecule has 0 bridgehead atoms. The van der Waals surface area contributed by atoms with Crippen molar-refractivity contribution in [2.45, 2.75) is 0 Å². The van der Waals surface area contributed by atoms with Crippen LogP contribution in [0.5, 0.6) is 0 Å². The molecule has 1 fully saturated rings. The summed E-state index contributed by atoms with van der Waals surface area (Å²) in [5.41, 5.74) is 1.14. The molecule has 0 aromatic heterocycles. The van der Waals surface area contributed by atoms with E-state index in [0.717, 1.165) is 0 Å². The van der Waals surface area contributed by atoms with E-state index in [4.69, 9.17) is 5.26 Å². The number of hydrogen-bond donors (Lipinski definition) is 1. The molecule has 9 heteroatoms. The van der Waals surface area contributed by atoms with Crippen LogP contribution in [0.25, 0.3) is 0 Å². The first kappa shape index (κ1) is 19.3. The minimum atomic E-state index is -0.487. The molecule has 0 atom stereocenters. The van der Waals surface area contributed by atoms with Gasteiger partial charge in [-0.05, 0) is 36.4 Å². The number of carbonyl (C=O) groups excluding carboxylic acids is 1. The zero-order chi connectivity index (χ0) is 20.1. The van der Waals surface area contributed by atoms with Crippen molar-refractivity contribution in [1.29, 1.82) is 5.26 Å². The first-order chi connectivity index (χ1) is 13.5. The van der Waals surface area contributed by atoms with Gasteiger partial charge in [-0.1, -0.05) is 0 Å². The van der Waals surface area contributed by atoms with Crippen molar-refractivity contribution < 1.29 is 14.1 Å². The summed E-state index contributed by atoms with van der Waals surface area (Å²) in [5.74, 6) is -0.574. The highest BCUT2D eigenvalue weighted by Crippen LogP contribution is 2.29. The van der Waals surface area contributed by atoms with Gasteiger partial charge in [0.1, 0.15) is 11.5 Å². The van der Waals surface area contributed by atoms with Crippen LogP contribution in [0.4, 0.5) is 21.5 Å². The fourth-order valence-electron chi connectivity index (χ4n) is 3.09. The van der Waals surface area contributed by atoms with Gasteiger partial charge in [0.05, 0.1) is 23.1 Å². The molecule has 144 valence electrons. The van der Waals surface area contributed by atoms with Crippen LogP contribution in [0.15, 0.2) is 42.5 Å². The van der Waals surface area contributed by atoms with Gasteiger partial charge in [-0.2, -0.15) is 5.26 Å². The SMILES string of the molecule is N#Cc1ccc(N2CCN(CC(=O)Nc3ccc(F)cc3)CC2)c([N+](=O)[O-])c1. The van der Waals surface area contributed by atoms with Crippen LogP contribution in [0.2, 0.25) is 0 Å². The summed E-state index contributed by atoms with van der Waals surface area (Å²) in [6, 6.07) is 11.9. The molecule has 1 heterocycles. The predicted octanol–water partition coefficient (Wildman–Crippen LogP) is 2.37. The molecule has 0 saturated carbocycles. The number of nitro groups is 1. The Kier molecular flexibility index (Phi) is 5.81. The van der Waals surface area contributed by atoms with E-state index in [0.29, 0.717) is 37.6 Å². The van der Waals surface area contributed by atoms with Crippen molar-refractivity contribution in [3.63, 3.8) is 0 Å². The second-order valence-corrected chi connectivity index (χ2v) is 6.39. The van der Waals surface area contributed by atoms with Crippen LogP contribution in [-0.2, 0) is 4.79 Å². The minimum Gasteiger partial charge on any atom is -0.363 e. The second-order valence-electron chi connectivity index (χ2n) is 6.39. The third-order valence-electron chi connectivity index (χ3n) is 4.51. The van der Waals surface area contributed by atoms with Gasteiger partial charge in [0.2, 0.25) is 5.91 Å². The number of anilines is 2. The Morgan fingerprint density at radius 1 is 1.18 bits per heavy atom. The van der Waals surface area contributed by atoms with Crippen molar-refractivity contribution >= 4 is 23.0 Å². The number of rotatable bonds is 5. The van der Waals surface area contributed by atoms with E-state index in [9.17, 15) is 19.3 Å². The molecular weight excluding hydrogens is 365 g/mol. The largest absolute Gasteiger partial charge is 0.363 e. The van der Waals surface area contributed by atoms with Crippen LogP contribution in [0, 0.1) is 27.3 Å². The minimum absolute atomic E-state index is 0.0958. The molecule has 1 aliphatic rings. The Labute approximate surface area is 160 Å². The molecule has 0 aliphatic carbocycles. The molecule has 28 heavy (non-hydrogen) atoms. The Bertz CT molecular complexity index is 918. The molecule has 1 saturated heterocycles. The molecular formula is C19H18FN5O3. The maximum Gasteiger partial charge on any atom is 0.293 e. The molecule has 2 aromatic carbocycles. The van der Waals surface area contributed by atoms with E-state index in [1.807, 2.05) is 15.9 Å². The highest BCUT2D eigenvalue weighted by molar-refractivity contribution is 5.92. The Balaban J connectivity index is 1.57. The van der Waals surface area contributed by atoms with E-state index in [1.54, 1.807) is 12.1 Å². The number of carbonyl (C=O) groups is 1. The van der Waals surface area contributed by atoms with Crippen LogP contribution in [0.3, 0.4) is 0 Å². The van der Waals surface area contributed by atoms with Gasteiger partial charge < -0.3 is 10.2 Å². The molecule has 0 unspecified atom stereocenters. The predicted molar refractivity (Wildman–Crippen MR) is 101 cm³/mol. The summed E-state index contributed by atoms with van der Waals surface area (Å²) in [4.78, 5) is 26.8. The zero-order valence-corrected chi connectivity index (χ0v) is 15.0. The number of nitrogens with one attached hydrogen (secondary N) is 1. The molecule has 0 spiro atoms. The van der Waals surface area contributed by atoms with Crippen LogP contribution < -0.4 is 10.2 Å². The van der Waals surface area contributed by atoms with Crippen molar-refractivity contribution in [1.82, 2.24) is 4.90 Å². The summed E-state index contributed by atoms with van der Waals surface area (Å²) in [6.07, 6.45) is 0. The average molecular weight is 383 g/mol. The van der Waals surface area contributed by atoms with Gasteiger partial charge in [-0.15, -0.1) is 0 Å². The smallest absolute Gasteiger partial charge is 0.293 e. The number of benzene rings is 2. The second kappa shape index (κ2) is 8.45. The van der Waals surface area contributed by atoms with E-state index in [1.165, 1.54) is 30.3 Å². The topological polar surface area (TPSA) is 103 Å². The summed E-state index contributed by atoms with van der Waals surface area (Å²) in [5, 5.41) is 23.0. The lowest BCUT2D eigenvalue weighted by Gasteiger charge is -2.35. The maximum absolute atomic E-state index is 12.9. The third kappa shape index (κ3) is 4.61. The number of nitriles is 1. The van der Waals surface area contributed by atoms with Crippen molar-refractivity contribution in [3.8, 4) is 6.07 Å². The molecule has 1 N–H and O–H groups in total. The number of halogens is 1. The van der Waals surface area contributed by atoms with Crippen molar-refractivity contribution in [2.24, 2.45) is 0 Å². The zero-order valence-electron chi connectivity index (χ0n) is 15.0. The summed E-state index contributed by atoms with van der Waals surface area (Å²) in [6.45, 7) is 2.36. The number of amides is 1. The molecule has 2 aromatic rings. The van der Waals surface area contributed by atoms with Gasteiger partial charge in [0.25, 0.3) is 5.69 Å². The number of piperazine rings is 1. The summed E-state index contributed by atoms with van der Waals surface area (Å²) >= 11 is 0. The van der Waals surface area contributed by atoms with E-state index >= 15 is 0 Å². The third-order valence-corrected chi connectivity index (χ3v) is 4.51. The Morgan fingerprint density at radius 3 is 2.46 bits per heavy atom. The first-order valence-corrected chi connectivity index (χ1v) is 8.67. The summed E-state index contributed by atoms with van der Waals surface area (Å²) < 4.78 is 12.9. The van der Waals surface area contributed by atoms with E-state index in [-0.39, 0.29) is 29.5 Å². The van der Waals surface area contributed by atoms with Gasteiger partial charge in [0.15, 0.2) is 0 Å². The van der Waals surface area contributed by atoms with E-state index < -0.39 is 4.92 Å². The number of nitrogens with zero attached hydrogens (tertiary/aromatic N) is 4. The van der Waals surface area contributed by atoms with E-state index in [2.05, 4.69) is 5.32 Å². The molecule has 0 radical (unpaired) electrons. The van der Waals surface area contributed by atoms with Crippen LogP contribution in [0.1, 0.15) is 5.56 Å². The van der Waals surface area contributed by atoms with Crippen molar-refractivity contribution in [3.05, 3.63) is 64.0 Å². The molecule has 8 nitrogen and oxygen atoms in total. The monoisotopic (exact) mass is 383 g/mol. The van der Waals surface area contributed by atoms with Gasteiger partial charge >= 0.3 is 0 Å². The van der Waals surface area contributed by atoms with Crippen LogP contribution in [-0.4, -0.2) is 48.5 Å². The quantitative estimate of drug-likeness (QED) is 0.628. The summed E-state index contributed by atoms with van der Waals surface area (Å²) in [7, 11) is 0. The highest BCUT2D eigenvalue weighted by atomic mass is 19.1. The Morgan fingerprint density at radius 2 is 1.86 bits per heavy atom. The van der Waals surface area contributed by atoms with Crippen LogP contribution >= 0.6 is 0 Å². The standard InChI is InChI=1S/C19H18FN5O3/c20-15-2-4-16(5-3-15)22-19(26)13-23-7-9-24(10-8-23)17-6-1-14(12-21)11-18(17)25(27)28/h1-6,11H,7-10,13H2,(H,22,26). The average Bonchev–Trinajstić information content (AvgIpc) is 2.70. The lowest BCUT2D eigenvalue weighted by Crippen LogP contribution is -2.48. The molecule has 1 aliphatic heterocycles. The highest BCUT2D eigenvalue weighted by Gasteiger charge is 2.25. The molecule has 3 rings (SSSR count). The fraction of sp³-hybridized carbons (Fsp3) is 0.263. The van der Waals surface area contributed by atoms with Gasteiger partial charge in [-0.25, -0.2) is 4.39 Å². The Hall–Kier alpha value is -3.51. The first-order valence-electron chi connectivity index (χ1n) is 8.67. The maximum atomic E-state index is 12.9. The fourth-order valence-corrected chi connectivity index (χ4v) is 3.09. The van der Waals surface area contributed by atoms with Gasteiger partial charge in [0, 0.05) is 37.9 Å². The number of hydrogen-bond acceptors (Lipinski definition) is 6. The number of nitro benzene ring substituents is 1. The molecule has 1 amide bonds. The van der Waals surface area contributed by atoms with Crippen molar-refractivity contribution in [2.75, 3.05) is 42.9 Å². The lowest BCUT2D eigenvalue weighted by atomic mass is 10.1. The normalized spacial score (nSPS) is 14.4.